The maximum absolute atomic E-state index is 12.4. The van der Waals surface area contributed by atoms with Crippen LogP contribution in [0.4, 0.5) is 10.8 Å². The third-order valence-corrected chi connectivity index (χ3v) is 4.95. The fraction of sp³-hybridized carbons (Fsp3) is 0.250. The van der Waals surface area contributed by atoms with Gasteiger partial charge in [0.1, 0.15) is 12.3 Å². The van der Waals surface area contributed by atoms with Crippen molar-refractivity contribution in [1.29, 1.82) is 0 Å². The summed E-state index contributed by atoms with van der Waals surface area (Å²) in [4.78, 5) is 33.2. The standard InChI is InChI=1S/C20H21N3O3S/c1-12-8-13(2)18(14(3)9-12)23(15(4)24)20-22-16(11-27-20)10-26-19(25)17-6-5-7-21-17/h5-9,11,21H,10H2,1-4H3. The highest BCUT2D eigenvalue weighted by Crippen LogP contribution is 2.34. The van der Waals surface area contributed by atoms with Crippen LogP contribution < -0.4 is 4.90 Å². The Labute approximate surface area is 161 Å². The molecule has 7 heteroatoms. The van der Waals surface area contributed by atoms with Crippen molar-refractivity contribution < 1.29 is 14.3 Å². The second-order valence-corrected chi connectivity index (χ2v) is 7.22. The van der Waals surface area contributed by atoms with Gasteiger partial charge in [-0.15, -0.1) is 11.3 Å². The summed E-state index contributed by atoms with van der Waals surface area (Å²) in [7, 11) is 0. The molecule has 140 valence electrons. The summed E-state index contributed by atoms with van der Waals surface area (Å²) in [6, 6.07) is 7.47. The Morgan fingerprint density at radius 3 is 2.52 bits per heavy atom. The summed E-state index contributed by atoms with van der Waals surface area (Å²) < 4.78 is 5.27. The third-order valence-electron chi connectivity index (χ3n) is 4.07. The summed E-state index contributed by atoms with van der Waals surface area (Å²) in [5.74, 6) is -0.558. The lowest BCUT2D eigenvalue weighted by Gasteiger charge is -2.23. The van der Waals surface area contributed by atoms with Crippen LogP contribution in [0.1, 0.15) is 39.8 Å². The lowest BCUT2D eigenvalue weighted by Crippen LogP contribution is -2.24. The molecular weight excluding hydrogens is 362 g/mol. The number of nitrogens with zero attached hydrogens (tertiary/aromatic N) is 2. The minimum Gasteiger partial charge on any atom is -0.454 e. The van der Waals surface area contributed by atoms with Crippen molar-refractivity contribution in [2.24, 2.45) is 0 Å². The highest BCUT2D eigenvalue weighted by Gasteiger charge is 2.22. The fourth-order valence-corrected chi connectivity index (χ4v) is 3.91. The Hall–Kier alpha value is -2.93. The molecule has 0 aliphatic heterocycles. The van der Waals surface area contributed by atoms with Crippen molar-refractivity contribution in [2.45, 2.75) is 34.3 Å². The first kappa shape index (κ1) is 18.8. The second kappa shape index (κ2) is 7.75. The van der Waals surface area contributed by atoms with Gasteiger partial charge in [-0.3, -0.25) is 9.69 Å². The molecule has 1 aromatic carbocycles. The SMILES string of the molecule is CC(=O)N(c1nc(COC(=O)c2ccc[nH]2)cs1)c1c(C)cc(C)cc1C. The number of hydrogen-bond acceptors (Lipinski definition) is 5. The summed E-state index contributed by atoms with van der Waals surface area (Å²) in [6.07, 6.45) is 1.66. The number of H-pyrrole nitrogens is 1. The molecule has 6 nitrogen and oxygen atoms in total. The molecule has 3 rings (SSSR count). The molecule has 0 aliphatic carbocycles. The molecule has 1 amide bonds. The Balaban J connectivity index is 1.82. The minimum atomic E-state index is -0.441. The van der Waals surface area contributed by atoms with Gasteiger partial charge >= 0.3 is 5.97 Å². The van der Waals surface area contributed by atoms with E-state index in [-0.39, 0.29) is 12.5 Å². The van der Waals surface area contributed by atoms with Crippen molar-refractivity contribution in [3.63, 3.8) is 0 Å². The minimum absolute atomic E-state index is 0.0476. The molecule has 0 saturated heterocycles. The van der Waals surface area contributed by atoms with Gasteiger partial charge in [-0.05, 0) is 44.0 Å². The molecule has 1 N–H and O–H groups in total. The van der Waals surface area contributed by atoms with Crippen molar-refractivity contribution in [1.82, 2.24) is 9.97 Å². The Kier molecular flexibility index (Phi) is 5.41. The van der Waals surface area contributed by atoms with E-state index in [2.05, 4.69) is 9.97 Å². The Morgan fingerprint density at radius 2 is 1.93 bits per heavy atom. The van der Waals surface area contributed by atoms with Gasteiger partial charge in [0, 0.05) is 18.5 Å². The number of ether oxygens (including phenoxy) is 1. The van der Waals surface area contributed by atoms with Gasteiger partial charge in [-0.25, -0.2) is 9.78 Å². The summed E-state index contributed by atoms with van der Waals surface area (Å²) in [5.41, 5.74) is 5.01. The van der Waals surface area contributed by atoms with Crippen LogP contribution in [0.3, 0.4) is 0 Å². The quantitative estimate of drug-likeness (QED) is 0.661. The lowest BCUT2D eigenvalue weighted by molar-refractivity contribution is -0.115. The van der Waals surface area contributed by atoms with Crippen LogP contribution >= 0.6 is 11.3 Å². The molecule has 0 saturated carbocycles. The average molecular weight is 383 g/mol. The maximum atomic E-state index is 12.4. The van der Waals surface area contributed by atoms with Crippen LogP contribution in [-0.4, -0.2) is 21.8 Å². The van der Waals surface area contributed by atoms with Crippen LogP contribution in [-0.2, 0) is 16.1 Å². The van der Waals surface area contributed by atoms with Gasteiger partial charge in [-0.2, -0.15) is 0 Å². The smallest absolute Gasteiger partial charge is 0.355 e. The number of carbonyl (C=O) groups is 2. The molecule has 0 unspecified atom stereocenters. The van der Waals surface area contributed by atoms with Gasteiger partial charge in [0.15, 0.2) is 5.13 Å². The molecule has 3 aromatic rings. The number of benzene rings is 1. The highest BCUT2D eigenvalue weighted by atomic mass is 32.1. The van der Waals surface area contributed by atoms with Gasteiger partial charge in [0.05, 0.1) is 11.4 Å². The van der Waals surface area contributed by atoms with E-state index >= 15 is 0 Å². The normalized spacial score (nSPS) is 10.7. The zero-order valence-corrected chi connectivity index (χ0v) is 16.5. The number of anilines is 2. The van der Waals surface area contributed by atoms with Gasteiger partial charge in [-0.1, -0.05) is 17.7 Å². The molecule has 27 heavy (non-hydrogen) atoms. The third kappa shape index (κ3) is 4.09. The van der Waals surface area contributed by atoms with Crippen LogP contribution in [0.5, 0.6) is 0 Å². The molecule has 0 bridgehead atoms. The number of thiazole rings is 1. The molecule has 2 aromatic heterocycles. The van der Waals surface area contributed by atoms with E-state index in [4.69, 9.17) is 4.74 Å². The average Bonchev–Trinajstić information content (AvgIpc) is 3.27. The predicted molar refractivity (Wildman–Crippen MR) is 105 cm³/mol. The Morgan fingerprint density at radius 1 is 1.22 bits per heavy atom. The number of aromatic amines is 1. The van der Waals surface area contributed by atoms with E-state index in [9.17, 15) is 9.59 Å². The monoisotopic (exact) mass is 383 g/mol. The lowest BCUT2D eigenvalue weighted by atomic mass is 10.0. The van der Waals surface area contributed by atoms with Crippen LogP contribution in [0.15, 0.2) is 35.8 Å². The molecule has 0 radical (unpaired) electrons. The van der Waals surface area contributed by atoms with Crippen molar-refractivity contribution in [3.8, 4) is 0 Å². The molecule has 0 atom stereocenters. The van der Waals surface area contributed by atoms with E-state index in [0.29, 0.717) is 16.5 Å². The van der Waals surface area contributed by atoms with Crippen molar-refractivity contribution in [2.75, 3.05) is 4.90 Å². The van der Waals surface area contributed by atoms with E-state index in [1.165, 1.54) is 18.3 Å². The van der Waals surface area contributed by atoms with E-state index < -0.39 is 5.97 Å². The largest absolute Gasteiger partial charge is 0.454 e. The van der Waals surface area contributed by atoms with Gasteiger partial charge in [0.2, 0.25) is 5.91 Å². The van der Waals surface area contributed by atoms with E-state index in [1.807, 2.05) is 32.9 Å². The number of aryl methyl sites for hydroxylation is 3. The second-order valence-electron chi connectivity index (χ2n) is 6.38. The van der Waals surface area contributed by atoms with E-state index in [0.717, 1.165) is 22.4 Å². The van der Waals surface area contributed by atoms with Crippen LogP contribution in [0.2, 0.25) is 0 Å². The first-order valence-electron chi connectivity index (χ1n) is 8.50. The topological polar surface area (TPSA) is 75.3 Å². The number of amides is 1. The maximum Gasteiger partial charge on any atom is 0.355 e. The highest BCUT2D eigenvalue weighted by molar-refractivity contribution is 7.14. The zero-order chi connectivity index (χ0) is 19.6. The number of rotatable bonds is 5. The molecule has 0 fully saturated rings. The first-order valence-corrected chi connectivity index (χ1v) is 9.38. The van der Waals surface area contributed by atoms with Crippen LogP contribution in [0, 0.1) is 20.8 Å². The molecular formula is C20H21N3O3S. The van der Waals surface area contributed by atoms with Crippen LogP contribution in [0.25, 0.3) is 0 Å². The van der Waals surface area contributed by atoms with Crippen molar-refractivity contribution in [3.05, 3.63) is 63.9 Å². The molecule has 2 heterocycles. The zero-order valence-electron chi connectivity index (χ0n) is 15.7. The fourth-order valence-electron chi connectivity index (χ4n) is 3.05. The predicted octanol–water partition coefficient (Wildman–Crippen LogP) is 4.44. The van der Waals surface area contributed by atoms with Gasteiger partial charge in [0.25, 0.3) is 0 Å². The molecule has 0 aliphatic rings. The Bertz CT molecular complexity index is 953. The summed E-state index contributed by atoms with van der Waals surface area (Å²) >= 11 is 1.35. The van der Waals surface area contributed by atoms with E-state index in [1.54, 1.807) is 28.6 Å². The summed E-state index contributed by atoms with van der Waals surface area (Å²) in [5, 5.41) is 2.36. The van der Waals surface area contributed by atoms with Crippen molar-refractivity contribution >= 4 is 34.0 Å². The number of hydrogen-bond donors (Lipinski definition) is 1. The first-order chi connectivity index (χ1) is 12.9. The molecule has 0 spiro atoms. The number of aromatic nitrogens is 2. The van der Waals surface area contributed by atoms with Gasteiger partial charge < -0.3 is 9.72 Å². The number of carbonyl (C=O) groups excluding carboxylic acids is 2. The number of esters is 1. The number of nitrogens with one attached hydrogen (secondary N) is 1. The summed E-state index contributed by atoms with van der Waals surface area (Å²) in [6.45, 7) is 7.56.